The standard InChI is InChI=1S/C2H6ClO4P.Na.H/c3-1-2-7-8(4,5)6;;/h1-2H2,(H2,4,5,6);;. The molecule has 0 bridgehead atoms. The maximum absolute atomic E-state index is 9.80. The number of rotatable bonds is 3. The molecule has 0 radical (unpaired) electrons. The van der Waals surface area contributed by atoms with Crippen LogP contribution in [0, 0.1) is 0 Å². The van der Waals surface area contributed by atoms with Crippen LogP contribution in [0.5, 0.6) is 0 Å². The van der Waals surface area contributed by atoms with Gasteiger partial charge in [-0.3, -0.25) is 4.52 Å². The van der Waals surface area contributed by atoms with Gasteiger partial charge >= 0.3 is 37.4 Å². The molecule has 7 heteroatoms. The van der Waals surface area contributed by atoms with Gasteiger partial charge in [0.05, 0.1) is 6.61 Å². The van der Waals surface area contributed by atoms with Crippen LogP contribution in [0.4, 0.5) is 0 Å². The van der Waals surface area contributed by atoms with Gasteiger partial charge in [0, 0.05) is 5.88 Å². The molecule has 0 rings (SSSR count). The molecule has 0 saturated carbocycles. The van der Waals surface area contributed by atoms with Gasteiger partial charge in [-0.1, -0.05) is 0 Å². The van der Waals surface area contributed by atoms with Gasteiger partial charge in [0.2, 0.25) is 0 Å². The fourth-order valence-corrected chi connectivity index (χ4v) is 0.667. The van der Waals surface area contributed by atoms with E-state index in [4.69, 9.17) is 21.4 Å². The molecule has 0 spiro atoms. The van der Waals surface area contributed by atoms with E-state index in [0.29, 0.717) is 0 Å². The van der Waals surface area contributed by atoms with Gasteiger partial charge in [-0.2, -0.15) is 0 Å². The summed E-state index contributed by atoms with van der Waals surface area (Å²) in [6.07, 6.45) is 0. The van der Waals surface area contributed by atoms with Crippen molar-refractivity contribution in [1.29, 1.82) is 0 Å². The number of phosphoric acid groups is 1. The summed E-state index contributed by atoms with van der Waals surface area (Å²) in [6.45, 7) is -0.119. The van der Waals surface area contributed by atoms with Crippen LogP contribution in [-0.2, 0) is 9.09 Å². The van der Waals surface area contributed by atoms with Crippen molar-refractivity contribution in [1.82, 2.24) is 0 Å². The van der Waals surface area contributed by atoms with Gasteiger partial charge in [0.25, 0.3) is 0 Å². The molecule has 0 aromatic rings. The Balaban J connectivity index is 0. The summed E-state index contributed by atoms with van der Waals surface area (Å²) in [7, 11) is -4.27. The van der Waals surface area contributed by atoms with Crippen molar-refractivity contribution < 1.29 is 18.9 Å². The summed E-state index contributed by atoms with van der Waals surface area (Å²) >= 11 is 5.04. The molecule has 0 atom stereocenters. The summed E-state index contributed by atoms with van der Waals surface area (Å²) in [5.41, 5.74) is 0. The van der Waals surface area contributed by atoms with E-state index in [0.717, 1.165) is 0 Å². The van der Waals surface area contributed by atoms with Crippen LogP contribution < -0.4 is 0 Å². The SMILES string of the molecule is O=P(O)(O)OCCCl.[NaH]. The quantitative estimate of drug-likeness (QED) is 0.359. The van der Waals surface area contributed by atoms with Gasteiger partial charge < -0.3 is 9.79 Å². The molecule has 0 saturated heterocycles. The summed E-state index contributed by atoms with van der Waals surface area (Å²) in [5.74, 6) is 0.0884. The van der Waals surface area contributed by atoms with E-state index in [1.165, 1.54) is 0 Å². The molecular weight excluding hydrogens is 177 g/mol. The second kappa shape index (κ2) is 6.13. The van der Waals surface area contributed by atoms with Crippen LogP contribution in [0.3, 0.4) is 0 Å². The molecule has 2 N–H and O–H groups in total. The predicted octanol–water partition coefficient (Wildman–Crippen LogP) is -0.314. The summed E-state index contributed by atoms with van der Waals surface area (Å²) < 4.78 is 13.7. The number of hydrogen-bond acceptors (Lipinski definition) is 2. The Morgan fingerprint density at radius 2 is 2.00 bits per heavy atom. The first-order chi connectivity index (χ1) is 3.56. The third-order valence-electron chi connectivity index (χ3n) is 0.337. The minimum atomic E-state index is -4.27. The van der Waals surface area contributed by atoms with Crippen LogP contribution in [0.2, 0.25) is 0 Å². The van der Waals surface area contributed by atoms with Crippen molar-refractivity contribution >= 4 is 49.0 Å². The summed E-state index contributed by atoms with van der Waals surface area (Å²) in [5, 5.41) is 0. The average molecular weight is 184 g/mol. The van der Waals surface area contributed by atoms with Crippen LogP contribution >= 0.6 is 19.4 Å². The third kappa shape index (κ3) is 12.6. The Kier molecular flexibility index (Phi) is 8.87. The first kappa shape index (κ1) is 13.0. The number of hydrogen-bond donors (Lipinski definition) is 2. The van der Waals surface area contributed by atoms with Crippen molar-refractivity contribution in [3.63, 3.8) is 0 Å². The van der Waals surface area contributed by atoms with Crippen LogP contribution in [-0.4, -0.2) is 51.8 Å². The van der Waals surface area contributed by atoms with Gasteiger partial charge in [0.15, 0.2) is 0 Å². The van der Waals surface area contributed by atoms with Gasteiger partial charge in [0.1, 0.15) is 0 Å². The van der Waals surface area contributed by atoms with Gasteiger partial charge in [-0.25, -0.2) is 4.57 Å². The first-order valence-corrected chi connectivity index (χ1v) is 3.89. The van der Waals surface area contributed by atoms with E-state index in [1.54, 1.807) is 0 Å². The molecular formula is C2H7ClNaO4P. The second-order valence-electron chi connectivity index (χ2n) is 1.01. The predicted molar refractivity (Wildman–Crippen MR) is 35.9 cm³/mol. The average Bonchev–Trinajstić information content (AvgIpc) is 1.59. The molecule has 0 amide bonds. The Morgan fingerprint density at radius 1 is 1.56 bits per heavy atom. The Labute approximate surface area is 80.1 Å². The van der Waals surface area contributed by atoms with Crippen molar-refractivity contribution in [2.45, 2.75) is 0 Å². The zero-order chi connectivity index (χ0) is 6.62. The van der Waals surface area contributed by atoms with E-state index < -0.39 is 7.82 Å². The molecule has 0 aliphatic carbocycles. The first-order valence-electron chi connectivity index (χ1n) is 1.82. The zero-order valence-electron chi connectivity index (χ0n) is 3.95. The van der Waals surface area contributed by atoms with Gasteiger partial charge in [-0.15, -0.1) is 11.6 Å². The van der Waals surface area contributed by atoms with Crippen LogP contribution in [0.15, 0.2) is 0 Å². The maximum atomic E-state index is 9.80. The molecule has 0 fully saturated rings. The molecule has 0 aliphatic heterocycles. The normalized spacial score (nSPS) is 10.6. The molecule has 0 heterocycles. The van der Waals surface area contributed by atoms with Crippen molar-refractivity contribution in [2.24, 2.45) is 0 Å². The number of phosphoric ester groups is 1. The summed E-state index contributed by atoms with van der Waals surface area (Å²) in [6, 6.07) is 0. The van der Waals surface area contributed by atoms with E-state index in [9.17, 15) is 4.57 Å². The zero-order valence-corrected chi connectivity index (χ0v) is 5.60. The third-order valence-corrected chi connectivity index (χ3v) is 1.01. The topological polar surface area (TPSA) is 66.8 Å². The number of halogens is 1. The van der Waals surface area contributed by atoms with E-state index >= 15 is 0 Å². The molecule has 9 heavy (non-hydrogen) atoms. The Bertz CT molecular complexity index is 103. The molecule has 4 nitrogen and oxygen atoms in total. The summed E-state index contributed by atoms with van der Waals surface area (Å²) in [4.78, 5) is 16.0. The van der Waals surface area contributed by atoms with Gasteiger partial charge in [-0.05, 0) is 0 Å². The monoisotopic (exact) mass is 184 g/mol. The number of alkyl halides is 1. The molecule has 0 aliphatic rings. The van der Waals surface area contributed by atoms with Crippen molar-refractivity contribution in [2.75, 3.05) is 12.5 Å². The van der Waals surface area contributed by atoms with E-state index in [1.807, 2.05) is 0 Å². The van der Waals surface area contributed by atoms with Crippen molar-refractivity contribution in [3.8, 4) is 0 Å². The van der Waals surface area contributed by atoms with E-state index in [-0.39, 0.29) is 42.0 Å². The van der Waals surface area contributed by atoms with Crippen LogP contribution in [0.1, 0.15) is 0 Å². The molecule has 0 unspecified atom stereocenters. The van der Waals surface area contributed by atoms with Crippen molar-refractivity contribution in [3.05, 3.63) is 0 Å². The fraction of sp³-hybridized carbons (Fsp3) is 1.00. The Morgan fingerprint density at radius 3 is 2.11 bits per heavy atom. The van der Waals surface area contributed by atoms with Crippen LogP contribution in [0.25, 0.3) is 0 Å². The molecule has 52 valence electrons. The Hall–Kier alpha value is 1.40. The van der Waals surface area contributed by atoms with E-state index in [2.05, 4.69) is 4.52 Å². The minimum absolute atomic E-state index is 0. The second-order valence-corrected chi connectivity index (χ2v) is 2.63. The molecule has 0 aromatic carbocycles. The molecule has 0 aromatic heterocycles. The fourth-order valence-electron chi connectivity index (χ4n) is 0.153.